The molecule has 0 aliphatic heterocycles. The Balaban J connectivity index is 1.66. The van der Waals surface area contributed by atoms with Gasteiger partial charge in [0.25, 0.3) is 0 Å². The van der Waals surface area contributed by atoms with E-state index in [4.69, 9.17) is 11.6 Å². The van der Waals surface area contributed by atoms with Gasteiger partial charge in [-0.1, -0.05) is 29.8 Å². The molecule has 112 valence electrons. The van der Waals surface area contributed by atoms with Crippen LogP contribution in [0.3, 0.4) is 0 Å². The Bertz CT molecular complexity index is 808. The van der Waals surface area contributed by atoms with Gasteiger partial charge >= 0.3 is 0 Å². The second-order valence-electron chi connectivity index (χ2n) is 5.19. The van der Waals surface area contributed by atoms with Gasteiger partial charge in [0.05, 0.1) is 18.3 Å². The smallest absolute Gasteiger partial charge is 0.226 e. The second kappa shape index (κ2) is 6.20. The van der Waals surface area contributed by atoms with Crippen LogP contribution in [0.1, 0.15) is 12.0 Å². The fourth-order valence-corrected chi connectivity index (χ4v) is 2.59. The maximum atomic E-state index is 12.0. The molecule has 0 fully saturated rings. The molecule has 5 heteroatoms. The largest absolute Gasteiger partial charge is 0.326 e. The molecule has 0 atom stereocenters. The molecule has 4 nitrogen and oxygen atoms in total. The number of amides is 1. The van der Waals surface area contributed by atoms with Gasteiger partial charge in [-0.25, -0.2) is 0 Å². The van der Waals surface area contributed by atoms with Gasteiger partial charge in [0.2, 0.25) is 5.91 Å². The van der Waals surface area contributed by atoms with Crippen molar-refractivity contribution >= 4 is 34.1 Å². The summed E-state index contributed by atoms with van der Waals surface area (Å²) in [5, 5.41) is 8.97. The van der Waals surface area contributed by atoms with Crippen LogP contribution in [0.2, 0.25) is 5.02 Å². The van der Waals surface area contributed by atoms with Gasteiger partial charge in [0.15, 0.2) is 0 Å². The van der Waals surface area contributed by atoms with E-state index < -0.39 is 0 Å². The first-order chi connectivity index (χ1) is 10.6. The Labute approximate surface area is 133 Å². The van der Waals surface area contributed by atoms with Gasteiger partial charge < -0.3 is 5.32 Å². The maximum absolute atomic E-state index is 12.0. The number of hydrogen-bond acceptors (Lipinski definition) is 2. The van der Waals surface area contributed by atoms with Gasteiger partial charge in [-0.2, -0.15) is 5.10 Å². The van der Waals surface area contributed by atoms with E-state index in [9.17, 15) is 4.79 Å². The molecule has 0 bridgehead atoms. The van der Waals surface area contributed by atoms with Crippen LogP contribution < -0.4 is 5.32 Å². The molecule has 1 aromatic heterocycles. The zero-order chi connectivity index (χ0) is 15.5. The lowest BCUT2D eigenvalue weighted by Gasteiger charge is -2.07. The van der Waals surface area contributed by atoms with E-state index in [1.807, 2.05) is 36.0 Å². The summed E-state index contributed by atoms with van der Waals surface area (Å²) in [6, 6.07) is 13.2. The number of benzene rings is 2. The number of halogens is 1. The predicted octanol–water partition coefficient (Wildman–Crippen LogP) is 4.03. The molecule has 22 heavy (non-hydrogen) atoms. The molecule has 0 saturated carbocycles. The summed E-state index contributed by atoms with van der Waals surface area (Å²) in [4.78, 5) is 12.0. The van der Waals surface area contributed by atoms with E-state index in [0.29, 0.717) is 18.0 Å². The summed E-state index contributed by atoms with van der Waals surface area (Å²) in [6.45, 7) is 2.60. The molecule has 0 unspecified atom stereocenters. The van der Waals surface area contributed by atoms with Gasteiger partial charge in [-0.05, 0) is 36.8 Å². The molecule has 3 aromatic rings. The summed E-state index contributed by atoms with van der Waals surface area (Å²) in [5.41, 5.74) is 2.99. The molecular weight excluding hydrogens is 298 g/mol. The number of hydrogen-bond donors (Lipinski definition) is 1. The van der Waals surface area contributed by atoms with E-state index in [-0.39, 0.29) is 5.91 Å². The van der Waals surface area contributed by atoms with E-state index >= 15 is 0 Å². The highest BCUT2D eigenvalue weighted by molar-refractivity contribution is 6.30. The van der Waals surface area contributed by atoms with Crippen LogP contribution >= 0.6 is 11.6 Å². The normalized spacial score (nSPS) is 10.8. The number of nitrogens with one attached hydrogen (secondary N) is 1. The van der Waals surface area contributed by atoms with E-state index in [1.165, 1.54) is 0 Å². The number of para-hydroxylation sites is 1. The first-order valence-corrected chi connectivity index (χ1v) is 7.48. The molecule has 0 aliphatic rings. The lowest BCUT2D eigenvalue weighted by atomic mass is 10.2. The molecule has 0 spiro atoms. The lowest BCUT2D eigenvalue weighted by molar-refractivity contribution is -0.116. The number of nitrogens with zero attached hydrogens (tertiary/aromatic N) is 2. The Kier molecular flexibility index (Phi) is 4.11. The molecule has 1 N–H and O–H groups in total. The van der Waals surface area contributed by atoms with Crippen molar-refractivity contribution < 1.29 is 4.79 Å². The fourth-order valence-electron chi connectivity index (χ4n) is 2.46. The van der Waals surface area contributed by atoms with Gasteiger partial charge in [0.1, 0.15) is 0 Å². The summed E-state index contributed by atoms with van der Waals surface area (Å²) < 4.78 is 1.88. The summed E-state index contributed by atoms with van der Waals surface area (Å²) in [6.07, 6.45) is 2.20. The monoisotopic (exact) mass is 313 g/mol. The van der Waals surface area contributed by atoms with Crippen molar-refractivity contribution in [3.05, 3.63) is 59.2 Å². The Morgan fingerprint density at radius 3 is 2.77 bits per heavy atom. The first-order valence-electron chi connectivity index (χ1n) is 7.10. The van der Waals surface area contributed by atoms with Crippen LogP contribution in [0.15, 0.2) is 48.7 Å². The predicted molar refractivity (Wildman–Crippen MR) is 89.2 cm³/mol. The Hall–Kier alpha value is -2.33. The third-order valence-corrected chi connectivity index (χ3v) is 3.79. The molecule has 1 heterocycles. The zero-order valence-electron chi connectivity index (χ0n) is 12.2. The van der Waals surface area contributed by atoms with Crippen LogP contribution in [-0.2, 0) is 11.3 Å². The number of carbonyl (C=O) groups is 1. The third-order valence-electron chi connectivity index (χ3n) is 3.54. The van der Waals surface area contributed by atoms with Crippen molar-refractivity contribution in [2.45, 2.75) is 19.9 Å². The molecular formula is C17H16ClN3O. The van der Waals surface area contributed by atoms with Crippen molar-refractivity contribution in [2.75, 3.05) is 5.32 Å². The molecule has 0 radical (unpaired) electrons. The van der Waals surface area contributed by atoms with Gasteiger partial charge in [-0.3, -0.25) is 9.48 Å². The molecule has 1 amide bonds. The van der Waals surface area contributed by atoms with Crippen LogP contribution in [0.25, 0.3) is 10.9 Å². The molecule has 0 aliphatic carbocycles. The van der Waals surface area contributed by atoms with Crippen molar-refractivity contribution in [3.8, 4) is 0 Å². The molecule has 0 saturated heterocycles. The van der Waals surface area contributed by atoms with Crippen molar-refractivity contribution in [1.29, 1.82) is 0 Å². The highest BCUT2D eigenvalue weighted by Gasteiger charge is 2.08. The minimum absolute atomic E-state index is 0.0421. The topological polar surface area (TPSA) is 46.9 Å². The zero-order valence-corrected chi connectivity index (χ0v) is 13.0. The average molecular weight is 314 g/mol. The lowest BCUT2D eigenvalue weighted by Crippen LogP contribution is -2.15. The number of aromatic nitrogens is 2. The minimum Gasteiger partial charge on any atom is -0.326 e. The highest BCUT2D eigenvalue weighted by atomic mass is 35.5. The Morgan fingerprint density at radius 1 is 1.23 bits per heavy atom. The van der Waals surface area contributed by atoms with Crippen molar-refractivity contribution in [2.24, 2.45) is 0 Å². The minimum atomic E-state index is -0.0421. The van der Waals surface area contributed by atoms with Crippen LogP contribution in [0.5, 0.6) is 0 Å². The number of anilines is 1. The average Bonchev–Trinajstić information content (AvgIpc) is 2.92. The van der Waals surface area contributed by atoms with Gasteiger partial charge in [0, 0.05) is 22.5 Å². The summed E-state index contributed by atoms with van der Waals surface area (Å²) >= 11 is 5.82. The first kappa shape index (κ1) is 14.6. The van der Waals surface area contributed by atoms with Crippen molar-refractivity contribution in [1.82, 2.24) is 9.78 Å². The third kappa shape index (κ3) is 3.12. The van der Waals surface area contributed by atoms with Gasteiger partial charge in [-0.15, -0.1) is 0 Å². The Morgan fingerprint density at radius 2 is 2.00 bits per heavy atom. The van der Waals surface area contributed by atoms with Crippen molar-refractivity contribution in [3.63, 3.8) is 0 Å². The van der Waals surface area contributed by atoms with E-state index in [0.717, 1.165) is 22.2 Å². The summed E-state index contributed by atoms with van der Waals surface area (Å²) in [7, 11) is 0. The van der Waals surface area contributed by atoms with E-state index in [2.05, 4.69) is 10.4 Å². The fraction of sp³-hybridized carbons (Fsp3) is 0.176. The molecule has 3 rings (SSSR count). The maximum Gasteiger partial charge on any atom is 0.226 e. The SMILES string of the molecule is Cc1cccc2cnn(CCC(=O)Nc3ccc(Cl)cc3)c12. The quantitative estimate of drug-likeness (QED) is 0.790. The standard InChI is InChI=1S/C17H16ClN3O/c1-12-3-2-4-13-11-19-21(17(12)13)10-9-16(22)20-15-7-5-14(18)6-8-15/h2-8,11H,9-10H2,1H3,(H,20,22). The van der Waals surface area contributed by atoms with E-state index in [1.54, 1.807) is 24.3 Å². The summed E-state index contributed by atoms with van der Waals surface area (Å²) in [5.74, 6) is -0.0421. The van der Waals surface area contributed by atoms with Crippen LogP contribution in [0.4, 0.5) is 5.69 Å². The number of fused-ring (bicyclic) bond motifs is 1. The number of carbonyl (C=O) groups excluding carboxylic acids is 1. The van der Waals surface area contributed by atoms with Crippen LogP contribution in [-0.4, -0.2) is 15.7 Å². The number of rotatable bonds is 4. The second-order valence-corrected chi connectivity index (χ2v) is 5.62. The molecule has 2 aromatic carbocycles. The van der Waals surface area contributed by atoms with Crippen LogP contribution in [0, 0.1) is 6.92 Å². The highest BCUT2D eigenvalue weighted by Crippen LogP contribution is 2.18. The number of aryl methyl sites for hydroxylation is 2.